The molecule has 0 atom stereocenters. The maximum Gasteiger partial charge on any atom is 0.292 e. The predicted molar refractivity (Wildman–Crippen MR) is 143 cm³/mol. The summed E-state index contributed by atoms with van der Waals surface area (Å²) in [5.41, 5.74) is -0.144. The van der Waals surface area contributed by atoms with E-state index in [1.54, 1.807) is 6.07 Å². The Bertz CT molecular complexity index is 1660. The summed E-state index contributed by atoms with van der Waals surface area (Å²) in [6.45, 7) is 0. The zero-order chi connectivity index (χ0) is 24.7. The normalized spacial score (nSPS) is 11.0. The van der Waals surface area contributed by atoms with Crippen molar-refractivity contribution >= 4 is 94.9 Å². The Morgan fingerprint density at radius 2 is 1.29 bits per heavy atom. The van der Waals surface area contributed by atoms with Crippen LogP contribution in [-0.2, 0) is 0 Å². The lowest BCUT2D eigenvalue weighted by Gasteiger charge is -2.09. The van der Waals surface area contributed by atoms with Crippen molar-refractivity contribution in [2.75, 3.05) is 10.6 Å². The van der Waals surface area contributed by atoms with Crippen LogP contribution in [0.2, 0.25) is 10.0 Å². The second kappa shape index (κ2) is 9.27. The van der Waals surface area contributed by atoms with Gasteiger partial charge in [-0.05, 0) is 24.3 Å². The van der Waals surface area contributed by atoms with Gasteiger partial charge in [-0.25, -0.2) is 0 Å². The van der Waals surface area contributed by atoms with E-state index < -0.39 is 16.7 Å². The molecule has 2 aromatic heterocycles. The molecule has 0 bridgehead atoms. The molecule has 0 spiro atoms. The van der Waals surface area contributed by atoms with E-state index in [9.17, 15) is 19.7 Å². The highest BCUT2D eigenvalue weighted by molar-refractivity contribution is 7.22. The summed E-state index contributed by atoms with van der Waals surface area (Å²) in [6, 6.07) is 18.6. The van der Waals surface area contributed by atoms with E-state index in [0.717, 1.165) is 20.2 Å². The first-order valence-electron chi connectivity index (χ1n) is 10.1. The first-order valence-corrected chi connectivity index (χ1v) is 12.5. The fourth-order valence-corrected chi connectivity index (χ4v) is 6.38. The number of thiophene rings is 2. The highest BCUT2D eigenvalue weighted by Crippen LogP contribution is 2.38. The van der Waals surface area contributed by atoms with Crippen LogP contribution in [0.3, 0.4) is 0 Å². The summed E-state index contributed by atoms with van der Waals surface area (Å²) >= 11 is 15.2. The van der Waals surface area contributed by atoms with Crippen molar-refractivity contribution in [1.82, 2.24) is 0 Å². The number of carbonyl (C=O) groups is 2. The molecule has 2 heterocycles. The number of nitro benzene ring substituents is 1. The fourth-order valence-electron chi connectivity index (χ4n) is 3.56. The standard InChI is InChI=1S/C24H13Cl2N3O4S2/c25-19-13-5-1-3-7-17(13)34-21(19)23(30)27-12-9-10-16(29(32)33)15(11-12)28-24(31)22-20(26)14-6-2-4-8-18(14)35-22/h1-11H,(H,27,30)(H,28,31). The van der Waals surface area contributed by atoms with Crippen molar-refractivity contribution in [2.24, 2.45) is 0 Å². The zero-order valence-electron chi connectivity index (χ0n) is 17.5. The van der Waals surface area contributed by atoms with Crippen molar-refractivity contribution < 1.29 is 14.5 Å². The number of nitrogens with zero attached hydrogens (tertiary/aromatic N) is 1. The molecule has 5 aromatic rings. The zero-order valence-corrected chi connectivity index (χ0v) is 20.6. The molecule has 0 fully saturated rings. The topological polar surface area (TPSA) is 101 Å². The molecule has 2 N–H and O–H groups in total. The van der Waals surface area contributed by atoms with Crippen molar-refractivity contribution in [3.8, 4) is 0 Å². The number of amides is 2. The van der Waals surface area contributed by atoms with Crippen LogP contribution in [0.5, 0.6) is 0 Å². The quantitative estimate of drug-likeness (QED) is 0.175. The minimum atomic E-state index is -0.614. The van der Waals surface area contributed by atoms with Gasteiger partial charge < -0.3 is 10.6 Å². The summed E-state index contributed by atoms with van der Waals surface area (Å²) in [5.74, 6) is -1.05. The van der Waals surface area contributed by atoms with E-state index in [-0.39, 0.29) is 27.0 Å². The predicted octanol–water partition coefficient (Wildman–Crippen LogP) is 7.84. The van der Waals surface area contributed by atoms with Gasteiger partial charge in [0.05, 0.1) is 15.0 Å². The number of nitrogens with one attached hydrogen (secondary N) is 2. The Morgan fingerprint density at radius 3 is 1.80 bits per heavy atom. The van der Waals surface area contributed by atoms with E-state index in [4.69, 9.17) is 23.2 Å². The van der Waals surface area contributed by atoms with E-state index in [2.05, 4.69) is 10.6 Å². The van der Waals surface area contributed by atoms with E-state index in [0.29, 0.717) is 9.90 Å². The van der Waals surface area contributed by atoms with Crippen molar-refractivity contribution in [3.05, 3.63) is 96.6 Å². The molecule has 0 radical (unpaired) electrons. The number of rotatable bonds is 5. The lowest BCUT2D eigenvalue weighted by Crippen LogP contribution is -2.14. The lowest BCUT2D eigenvalue weighted by atomic mass is 10.2. The van der Waals surface area contributed by atoms with Crippen LogP contribution >= 0.6 is 45.9 Å². The largest absolute Gasteiger partial charge is 0.321 e. The van der Waals surface area contributed by atoms with Gasteiger partial charge >= 0.3 is 0 Å². The molecule has 0 saturated carbocycles. The van der Waals surface area contributed by atoms with Gasteiger partial charge in [-0.2, -0.15) is 0 Å². The molecule has 2 amide bonds. The van der Waals surface area contributed by atoms with E-state index in [1.807, 2.05) is 42.5 Å². The summed E-state index contributed by atoms with van der Waals surface area (Å²) in [7, 11) is 0. The number of nitro groups is 1. The number of fused-ring (bicyclic) bond motifs is 2. The maximum absolute atomic E-state index is 13.0. The molecular weight excluding hydrogens is 529 g/mol. The van der Waals surface area contributed by atoms with E-state index in [1.165, 1.54) is 40.9 Å². The third-order valence-corrected chi connectivity index (χ3v) is 8.53. The fraction of sp³-hybridized carbons (Fsp3) is 0. The highest BCUT2D eigenvalue weighted by Gasteiger charge is 2.23. The number of benzene rings is 3. The molecule has 5 rings (SSSR count). The van der Waals surface area contributed by atoms with Crippen molar-refractivity contribution in [2.45, 2.75) is 0 Å². The number of halogens is 2. The van der Waals surface area contributed by atoms with Gasteiger partial charge in [-0.15, -0.1) is 22.7 Å². The third kappa shape index (κ3) is 4.35. The molecule has 0 aliphatic heterocycles. The number of carbonyl (C=O) groups excluding carboxylic acids is 2. The van der Waals surface area contributed by atoms with Crippen molar-refractivity contribution in [1.29, 1.82) is 0 Å². The summed E-state index contributed by atoms with van der Waals surface area (Å²) in [5, 5.41) is 18.9. The monoisotopic (exact) mass is 541 g/mol. The molecule has 174 valence electrons. The number of hydrogen-bond acceptors (Lipinski definition) is 6. The average Bonchev–Trinajstić information content (AvgIpc) is 3.36. The molecule has 7 nitrogen and oxygen atoms in total. The summed E-state index contributed by atoms with van der Waals surface area (Å²) in [6.07, 6.45) is 0. The molecule has 3 aromatic carbocycles. The second-order valence-corrected chi connectivity index (χ2v) is 10.2. The van der Waals surface area contributed by atoms with Crippen LogP contribution in [0.1, 0.15) is 19.3 Å². The Balaban J connectivity index is 1.45. The molecular formula is C24H13Cl2N3O4S2. The maximum atomic E-state index is 13.0. The van der Waals surface area contributed by atoms with Gasteiger partial charge in [0.1, 0.15) is 15.4 Å². The number of hydrogen-bond donors (Lipinski definition) is 2. The van der Waals surface area contributed by atoms with Crippen LogP contribution < -0.4 is 10.6 Å². The highest BCUT2D eigenvalue weighted by atomic mass is 35.5. The van der Waals surface area contributed by atoms with Crippen LogP contribution in [0.15, 0.2) is 66.7 Å². The van der Waals surface area contributed by atoms with Gasteiger partial charge in [-0.3, -0.25) is 19.7 Å². The van der Waals surface area contributed by atoms with Gasteiger partial charge in [-0.1, -0.05) is 59.6 Å². The molecule has 35 heavy (non-hydrogen) atoms. The average molecular weight is 542 g/mol. The summed E-state index contributed by atoms with van der Waals surface area (Å²) in [4.78, 5) is 37.4. The molecule has 0 aliphatic carbocycles. The second-order valence-electron chi connectivity index (χ2n) is 7.38. The molecule has 0 aliphatic rings. The van der Waals surface area contributed by atoms with Crippen LogP contribution in [0.25, 0.3) is 20.2 Å². The minimum absolute atomic E-state index is 0.0752. The van der Waals surface area contributed by atoms with Gasteiger partial charge in [0.15, 0.2) is 0 Å². The van der Waals surface area contributed by atoms with E-state index >= 15 is 0 Å². The van der Waals surface area contributed by atoms with Gasteiger partial charge in [0, 0.05) is 31.9 Å². The molecule has 0 saturated heterocycles. The van der Waals surface area contributed by atoms with Crippen molar-refractivity contribution in [3.63, 3.8) is 0 Å². The Hall–Kier alpha value is -3.50. The molecule has 11 heteroatoms. The first-order chi connectivity index (χ1) is 16.8. The third-order valence-electron chi connectivity index (χ3n) is 5.18. The SMILES string of the molecule is O=C(Nc1ccc([N+](=O)[O-])c(NC(=O)c2sc3ccccc3c2Cl)c1)c1sc2ccccc2c1Cl. The Morgan fingerprint density at radius 1 is 0.771 bits per heavy atom. The smallest absolute Gasteiger partial charge is 0.292 e. The Labute approximate surface area is 216 Å². The lowest BCUT2D eigenvalue weighted by molar-refractivity contribution is -0.383. The summed E-state index contributed by atoms with van der Waals surface area (Å²) < 4.78 is 1.68. The van der Waals surface area contributed by atoms with Crippen LogP contribution in [0, 0.1) is 10.1 Å². The van der Waals surface area contributed by atoms with Gasteiger partial charge in [0.25, 0.3) is 17.5 Å². The first kappa shape index (κ1) is 23.3. The van der Waals surface area contributed by atoms with Crippen LogP contribution in [0.4, 0.5) is 17.1 Å². The molecule has 0 unspecified atom stereocenters. The van der Waals surface area contributed by atoms with Crippen LogP contribution in [-0.4, -0.2) is 16.7 Å². The minimum Gasteiger partial charge on any atom is -0.321 e. The number of anilines is 2. The van der Waals surface area contributed by atoms with Gasteiger partial charge in [0.2, 0.25) is 0 Å². The Kier molecular flexibility index (Phi) is 6.16.